The van der Waals surface area contributed by atoms with Crippen molar-refractivity contribution in [1.82, 2.24) is 0 Å². The molecular formula is C18H14Sc. The topological polar surface area (TPSA) is 0 Å². The summed E-state index contributed by atoms with van der Waals surface area (Å²) in [5.41, 5.74) is 5.97. The van der Waals surface area contributed by atoms with E-state index in [1.807, 2.05) is 0 Å². The molecule has 2 unspecified atom stereocenters. The molecule has 2 aliphatic carbocycles. The van der Waals surface area contributed by atoms with Crippen molar-refractivity contribution in [2.24, 2.45) is 0 Å². The molecule has 0 nitrogen and oxygen atoms in total. The summed E-state index contributed by atoms with van der Waals surface area (Å²) in [5.74, 6) is 0. The predicted molar refractivity (Wildman–Crippen MR) is 76.4 cm³/mol. The van der Waals surface area contributed by atoms with Gasteiger partial charge in [-0.05, 0) is 0 Å². The first-order valence-corrected chi connectivity index (χ1v) is 8.89. The average Bonchev–Trinajstić information content (AvgIpc) is 3.05. The molecule has 89 valence electrons. The minimum atomic E-state index is -0.403. The molecular weight excluding hydrogens is 261 g/mol. The van der Waals surface area contributed by atoms with E-state index in [1.165, 1.54) is 11.1 Å². The first-order valence-electron chi connectivity index (χ1n) is 6.81. The van der Waals surface area contributed by atoms with Crippen molar-refractivity contribution < 1.29 is 22.9 Å². The molecule has 0 aromatic heterocycles. The third kappa shape index (κ3) is 2.01. The zero-order chi connectivity index (χ0) is 12.7. The van der Waals surface area contributed by atoms with Crippen molar-refractivity contribution in [2.45, 2.75) is 7.35 Å². The van der Waals surface area contributed by atoms with Gasteiger partial charge in [-0.25, -0.2) is 0 Å². The second kappa shape index (κ2) is 4.72. The van der Waals surface area contributed by atoms with Crippen molar-refractivity contribution in [1.29, 1.82) is 0 Å². The van der Waals surface area contributed by atoms with Crippen LogP contribution in [-0.2, 0) is 22.9 Å². The van der Waals surface area contributed by atoms with E-state index in [-0.39, 0.29) is 0 Å². The molecule has 0 saturated carbocycles. The fraction of sp³-hybridized carbons (Fsp3) is 0.111. The van der Waals surface area contributed by atoms with Gasteiger partial charge < -0.3 is 0 Å². The van der Waals surface area contributed by atoms with E-state index in [4.69, 9.17) is 0 Å². The summed E-state index contributed by atoms with van der Waals surface area (Å²) in [7, 11) is 0. The third-order valence-corrected chi connectivity index (χ3v) is 7.20. The van der Waals surface area contributed by atoms with Crippen molar-refractivity contribution in [3.63, 3.8) is 0 Å². The van der Waals surface area contributed by atoms with Gasteiger partial charge in [0.15, 0.2) is 0 Å². The van der Waals surface area contributed by atoms with E-state index >= 15 is 0 Å². The van der Waals surface area contributed by atoms with E-state index in [2.05, 4.69) is 72.8 Å². The molecule has 19 heavy (non-hydrogen) atoms. The summed E-state index contributed by atoms with van der Waals surface area (Å²) < 4.78 is 1.45. The summed E-state index contributed by atoms with van der Waals surface area (Å²) in [6.07, 6.45) is 9.47. The SMILES string of the molecule is C1=C[CH]([Sc][CH]2C=Cc3ccccc32)c2ccccc21. The van der Waals surface area contributed by atoms with Crippen molar-refractivity contribution >= 4 is 12.2 Å². The second-order valence-corrected chi connectivity index (χ2v) is 8.06. The first kappa shape index (κ1) is 11.6. The summed E-state index contributed by atoms with van der Waals surface area (Å²) in [5, 5.41) is 0. The van der Waals surface area contributed by atoms with E-state index in [0.29, 0.717) is 0 Å². The van der Waals surface area contributed by atoms with Crippen LogP contribution in [-0.4, -0.2) is 0 Å². The summed E-state index contributed by atoms with van der Waals surface area (Å²) >= 11 is -0.403. The third-order valence-electron chi connectivity index (χ3n) is 4.09. The second-order valence-electron chi connectivity index (χ2n) is 5.22. The Labute approximate surface area is 125 Å². The summed E-state index contributed by atoms with van der Waals surface area (Å²) in [4.78, 5) is 0. The van der Waals surface area contributed by atoms with Gasteiger partial charge in [0.05, 0.1) is 0 Å². The van der Waals surface area contributed by atoms with Gasteiger partial charge in [0.2, 0.25) is 0 Å². The number of hydrogen-bond acceptors (Lipinski definition) is 0. The molecule has 0 radical (unpaired) electrons. The van der Waals surface area contributed by atoms with Gasteiger partial charge in [-0.15, -0.1) is 0 Å². The van der Waals surface area contributed by atoms with E-state index in [0.717, 1.165) is 7.35 Å². The Hall–Kier alpha value is -1.21. The van der Waals surface area contributed by atoms with Crippen molar-refractivity contribution in [3.05, 3.63) is 82.9 Å². The van der Waals surface area contributed by atoms with Crippen LogP contribution >= 0.6 is 0 Å². The Balaban J connectivity index is 1.62. The van der Waals surface area contributed by atoms with Crippen molar-refractivity contribution in [3.8, 4) is 0 Å². The van der Waals surface area contributed by atoms with Crippen LogP contribution in [0, 0.1) is 0 Å². The zero-order valence-electron chi connectivity index (χ0n) is 10.7. The van der Waals surface area contributed by atoms with Gasteiger partial charge in [-0.2, -0.15) is 0 Å². The predicted octanol–water partition coefficient (Wildman–Crippen LogP) is 4.61. The fourth-order valence-corrected chi connectivity index (χ4v) is 6.15. The van der Waals surface area contributed by atoms with Crippen LogP contribution in [0.2, 0.25) is 0 Å². The quantitative estimate of drug-likeness (QED) is 0.751. The maximum absolute atomic E-state index is 2.43. The van der Waals surface area contributed by atoms with Gasteiger partial charge in [0.25, 0.3) is 0 Å². The molecule has 0 heterocycles. The van der Waals surface area contributed by atoms with Gasteiger partial charge in [-0.3, -0.25) is 0 Å². The molecule has 1 heteroatoms. The molecule has 0 bridgehead atoms. The van der Waals surface area contributed by atoms with Crippen LogP contribution in [0.25, 0.3) is 12.2 Å². The standard InChI is InChI=1S/2C9H7.Sc/c2*1-2-5-9-7-3-6-8(9)4-1;/h2*1-7H;. The molecule has 0 saturated heterocycles. The molecule has 2 aliphatic rings. The Kier molecular flexibility index (Phi) is 2.88. The van der Waals surface area contributed by atoms with Crippen molar-refractivity contribution in [2.75, 3.05) is 0 Å². The van der Waals surface area contributed by atoms with Crippen LogP contribution < -0.4 is 0 Å². The Morgan fingerprint density at radius 3 is 1.63 bits per heavy atom. The van der Waals surface area contributed by atoms with Crippen LogP contribution in [0.4, 0.5) is 0 Å². The number of rotatable bonds is 2. The molecule has 2 aromatic carbocycles. The Bertz CT molecular complexity index is 622. The molecule has 0 spiro atoms. The van der Waals surface area contributed by atoms with Gasteiger partial charge in [0.1, 0.15) is 0 Å². The van der Waals surface area contributed by atoms with Crippen LogP contribution in [0.1, 0.15) is 29.6 Å². The zero-order valence-corrected chi connectivity index (χ0v) is 12.5. The molecule has 2 atom stereocenters. The number of fused-ring (bicyclic) bond motifs is 2. The van der Waals surface area contributed by atoms with E-state index in [9.17, 15) is 0 Å². The van der Waals surface area contributed by atoms with Crippen LogP contribution in [0.15, 0.2) is 60.7 Å². The molecule has 2 aromatic rings. The molecule has 4 rings (SSSR count). The molecule has 0 aliphatic heterocycles. The van der Waals surface area contributed by atoms with E-state index in [1.54, 1.807) is 11.1 Å². The number of allylic oxidation sites excluding steroid dienone is 2. The Morgan fingerprint density at radius 1 is 0.632 bits per heavy atom. The van der Waals surface area contributed by atoms with Crippen LogP contribution in [0.3, 0.4) is 0 Å². The average molecular weight is 275 g/mol. The van der Waals surface area contributed by atoms with Gasteiger partial charge >= 0.3 is 125 Å². The Morgan fingerprint density at radius 2 is 1.11 bits per heavy atom. The van der Waals surface area contributed by atoms with Gasteiger partial charge in [-0.1, -0.05) is 0 Å². The summed E-state index contributed by atoms with van der Waals surface area (Å²) in [6.45, 7) is 0. The number of hydrogen-bond donors (Lipinski definition) is 0. The minimum absolute atomic E-state index is 0.403. The monoisotopic (exact) mass is 275 g/mol. The maximum atomic E-state index is 2.43. The first-order chi connectivity index (χ1) is 9.42. The normalized spacial score (nSPS) is 22.1. The van der Waals surface area contributed by atoms with Crippen LogP contribution in [0.5, 0.6) is 0 Å². The van der Waals surface area contributed by atoms with Gasteiger partial charge in [0, 0.05) is 0 Å². The van der Waals surface area contributed by atoms with E-state index < -0.39 is 22.9 Å². The number of benzene rings is 2. The fourth-order valence-electron chi connectivity index (χ4n) is 3.11. The molecule has 0 amide bonds. The molecule has 0 N–H and O–H groups in total. The molecule has 0 fully saturated rings. The summed E-state index contributed by atoms with van der Waals surface area (Å²) in [6, 6.07) is 17.7.